The van der Waals surface area contributed by atoms with Gasteiger partial charge in [-0.2, -0.15) is 4.31 Å². The summed E-state index contributed by atoms with van der Waals surface area (Å²) in [4.78, 5) is 10.9. The van der Waals surface area contributed by atoms with E-state index in [0.717, 1.165) is 6.07 Å². The first-order valence-electron chi connectivity index (χ1n) is 5.47. The number of carboxylic acids is 1. The molecule has 0 bridgehead atoms. The van der Waals surface area contributed by atoms with Crippen LogP contribution < -0.4 is 5.73 Å². The number of hydrogen-bond donors (Lipinski definition) is 2. The molecule has 0 saturated carbocycles. The highest BCUT2D eigenvalue weighted by Gasteiger charge is 2.27. The molecule has 18 heavy (non-hydrogen) atoms. The monoisotopic (exact) mass is 272 g/mol. The van der Waals surface area contributed by atoms with Crippen molar-refractivity contribution in [1.29, 1.82) is 0 Å². The molecule has 3 N–H and O–H groups in total. The van der Waals surface area contributed by atoms with Gasteiger partial charge in [-0.1, -0.05) is 13.8 Å². The Labute approximate surface area is 106 Å². The second kappa shape index (κ2) is 5.36. The van der Waals surface area contributed by atoms with Crippen molar-refractivity contribution in [3.8, 4) is 0 Å². The second-order valence-electron chi connectivity index (χ2n) is 3.65. The lowest BCUT2D eigenvalue weighted by Crippen LogP contribution is -2.31. The van der Waals surface area contributed by atoms with Gasteiger partial charge >= 0.3 is 5.97 Å². The van der Waals surface area contributed by atoms with Crippen molar-refractivity contribution in [2.24, 2.45) is 0 Å². The first-order valence-corrected chi connectivity index (χ1v) is 6.91. The molecule has 0 spiro atoms. The van der Waals surface area contributed by atoms with Gasteiger partial charge in [0.05, 0.1) is 10.5 Å². The molecule has 6 nitrogen and oxygen atoms in total. The maximum Gasteiger partial charge on any atom is 0.337 e. The smallest absolute Gasteiger partial charge is 0.337 e. The van der Waals surface area contributed by atoms with Gasteiger partial charge in [0.15, 0.2) is 0 Å². The van der Waals surface area contributed by atoms with Crippen molar-refractivity contribution in [1.82, 2.24) is 4.31 Å². The number of carboxylic acid groups (broad SMARTS) is 1. The third kappa shape index (κ3) is 2.62. The molecule has 1 rings (SSSR count). The third-order valence-corrected chi connectivity index (χ3v) is 4.67. The number of sulfonamides is 1. The molecule has 0 aliphatic carbocycles. The van der Waals surface area contributed by atoms with E-state index in [2.05, 4.69) is 0 Å². The molecule has 0 atom stereocenters. The first kappa shape index (κ1) is 14.5. The van der Waals surface area contributed by atoms with Crippen LogP contribution in [0.3, 0.4) is 0 Å². The summed E-state index contributed by atoms with van der Waals surface area (Å²) in [6.07, 6.45) is 0. The molecule has 1 aromatic carbocycles. The number of nitrogens with two attached hydrogens (primary N) is 1. The minimum absolute atomic E-state index is 0.214. The zero-order chi connectivity index (χ0) is 13.9. The van der Waals surface area contributed by atoms with Crippen molar-refractivity contribution in [3.05, 3.63) is 23.8 Å². The predicted octanol–water partition coefficient (Wildman–Crippen LogP) is 0.997. The van der Waals surface area contributed by atoms with Crippen LogP contribution >= 0.6 is 0 Å². The van der Waals surface area contributed by atoms with Crippen LogP contribution in [0, 0.1) is 0 Å². The van der Waals surface area contributed by atoms with Crippen LogP contribution in [0.15, 0.2) is 23.1 Å². The Morgan fingerprint density at radius 1 is 1.33 bits per heavy atom. The largest absolute Gasteiger partial charge is 0.478 e. The molecule has 100 valence electrons. The summed E-state index contributed by atoms with van der Waals surface area (Å²) in [5.41, 5.74) is 5.39. The van der Waals surface area contributed by atoms with Gasteiger partial charge in [-0.15, -0.1) is 0 Å². The normalized spacial score (nSPS) is 11.7. The van der Waals surface area contributed by atoms with Crippen LogP contribution in [0.5, 0.6) is 0 Å². The molecule has 0 fully saturated rings. The van der Waals surface area contributed by atoms with Crippen molar-refractivity contribution in [2.75, 3.05) is 18.8 Å². The van der Waals surface area contributed by atoms with Gasteiger partial charge in [0.1, 0.15) is 0 Å². The first-order chi connectivity index (χ1) is 8.34. The molecule has 0 heterocycles. The Balaban J connectivity index is 3.46. The summed E-state index contributed by atoms with van der Waals surface area (Å²) in [6.45, 7) is 3.95. The molecule has 0 aliphatic heterocycles. The van der Waals surface area contributed by atoms with Gasteiger partial charge in [0.25, 0.3) is 0 Å². The number of benzene rings is 1. The van der Waals surface area contributed by atoms with Gasteiger partial charge in [0.2, 0.25) is 10.0 Å². The minimum Gasteiger partial charge on any atom is -0.478 e. The van der Waals surface area contributed by atoms with E-state index in [1.54, 1.807) is 13.8 Å². The number of nitrogen functional groups attached to an aromatic ring is 1. The van der Waals surface area contributed by atoms with E-state index in [-0.39, 0.29) is 29.2 Å². The summed E-state index contributed by atoms with van der Waals surface area (Å²) in [6, 6.07) is 3.76. The summed E-state index contributed by atoms with van der Waals surface area (Å²) >= 11 is 0. The Kier molecular flexibility index (Phi) is 4.31. The lowest BCUT2D eigenvalue weighted by atomic mass is 10.2. The molecular formula is C11H16N2O4S. The molecule has 0 aromatic heterocycles. The minimum atomic E-state index is -3.80. The zero-order valence-corrected chi connectivity index (χ0v) is 11.1. The zero-order valence-electron chi connectivity index (χ0n) is 10.3. The van der Waals surface area contributed by atoms with E-state index < -0.39 is 16.0 Å². The maximum atomic E-state index is 12.3. The average molecular weight is 272 g/mol. The molecular weight excluding hydrogens is 256 g/mol. The number of anilines is 1. The Bertz CT molecular complexity index is 550. The lowest BCUT2D eigenvalue weighted by molar-refractivity contribution is 0.0692. The Morgan fingerprint density at radius 3 is 2.33 bits per heavy atom. The topological polar surface area (TPSA) is 101 Å². The lowest BCUT2D eigenvalue weighted by Gasteiger charge is -2.19. The van der Waals surface area contributed by atoms with Crippen LogP contribution in [0.1, 0.15) is 24.2 Å². The fourth-order valence-electron chi connectivity index (χ4n) is 1.64. The van der Waals surface area contributed by atoms with E-state index in [1.165, 1.54) is 16.4 Å². The summed E-state index contributed by atoms with van der Waals surface area (Å²) < 4.78 is 25.7. The highest BCUT2D eigenvalue weighted by atomic mass is 32.2. The van der Waals surface area contributed by atoms with Gasteiger partial charge in [-0.3, -0.25) is 0 Å². The van der Waals surface area contributed by atoms with E-state index in [1.807, 2.05) is 0 Å². The van der Waals surface area contributed by atoms with Crippen LogP contribution in [-0.2, 0) is 10.0 Å². The molecule has 0 radical (unpaired) electrons. The summed E-state index contributed by atoms with van der Waals surface area (Å²) in [5, 5.41) is 9.04. The number of hydrogen-bond acceptors (Lipinski definition) is 4. The second-order valence-corrected chi connectivity index (χ2v) is 5.56. The molecule has 7 heteroatoms. The fraction of sp³-hybridized carbons (Fsp3) is 0.364. The van der Waals surface area contributed by atoms with Crippen LogP contribution in [0.25, 0.3) is 0 Å². The van der Waals surface area contributed by atoms with Crippen LogP contribution in [-0.4, -0.2) is 36.9 Å². The van der Waals surface area contributed by atoms with Gasteiger partial charge in [0, 0.05) is 18.8 Å². The molecule has 1 aromatic rings. The standard InChI is InChI=1S/C11H16N2O4S/c1-3-13(4-2)18(16,17)10-6-5-8(12)7-9(10)11(14)15/h5-7H,3-4,12H2,1-2H3,(H,14,15). The highest BCUT2D eigenvalue weighted by molar-refractivity contribution is 7.89. The van der Waals surface area contributed by atoms with E-state index in [4.69, 9.17) is 10.8 Å². The van der Waals surface area contributed by atoms with Crippen molar-refractivity contribution < 1.29 is 18.3 Å². The molecule has 0 aliphatic rings. The Morgan fingerprint density at radius 2 is 1.89 bits per heavy atom. The summed E-state index contributed by atoms with van der Waals surface area (Å²) in [5.74, 6) is -1.31. The van der Waals surface area contributed by atoms with Crippen molar-refractivity contribution in [2.45, 2.75) is 18.7 Å². The van der Waals surface area contributed by atoms with E-state index in [9.17, 15) is 13.2 Å². The SMILES string of the molecule is CCN(CC)S(=O)(=O)c1ccc(N)cc1C(=O)O. The number of nitrogens with zero attached hydrogens (tertiary/aromatic N) is 1. The molecule has 0 unspecified atom stereocenters. The quantitative estimate of drug-likeness (QED) is 0.779. The number of aromatic carboxylic acids is 1. The highest BCUT2D eigenvalue weighted by Crippen LogP contribution is 2.22. The fourth-order valence-corrected chi connectivity index (χ4v) is 3.26. The molecule has 0 amide bonds. The predicted molar refractivity (Wildman–Crippen MR) is 67.9 cm³/mol. The average Bonchev–Trinajstić information content (AvgIpc) is 2.29. The van der Waals surface area contributed by atoms with Crippen molar-refractivity contribution in [3.63, 3.8) is 0 Å². The summed E-state index contributed by atoms with van der Waals surface area (Å²) in [7, 11) is -3.80. The third-order valence-electron chi connectivity index (χ3n) is 2.56. The Hall–Kier alpha value is -1.60. The molecule has 0 saturated heterocycles. The van der Waals surface area contributed by atoms with E-state index in [0.29, 0.717) is 0 Å². The van der Waals surface area contributed by atoms with Gasteiger partial charge in [-0.25, -0.2) is 13.2 Å². The van der Waals surface area contributed by atoms with Gasteiger partial charge in [-0.05, 0) is 18.2 Å². The van der Waals surface area contributed by atoms with Gasteiger partial charge < -0.3 is 10.8 Å². The number of carbonyl (C=O) groups is 1. The van der Waals surface area contributed by atoms with Crippen LogP contribution in [0.2, 0.25) is 0 Å². The van der Waals surface area contributed by atoms with Crippen molar-refractivity contribution >= 4 is 21.7 Å². The van der Waals surface area contributed by atoms with Crippen LogP contribution in [0.4, 0.5) is 5.69 Å². The number of rotatable bonds is 5. The maximum absolute atomic E-state index is 12.3. The van der Waals surface area contributed by atoms with E-state index >= 15 is 0 Å².